The number of carbonyl (C=O) groups is 2. The number of amides is 3. The second kappa shape index (κ2) is 13.0. The van der Waals surface area contributed by atoms with Gasteiger partial charge in [0, 0.05) is 41.4 Å². The van der Waals surface area contributed by atoms with Gasteiger partial charge in [-0.1, -0.05) is 50.6 Å². The number of ether oxygens (including phenoxy) is 3. The fourth-order valence-electron chi connectivity index (χ4n) is 4.82. The number of nitrogens with zero attached hydrogens (tertiary/aromatic N) is 2. The molecular weight excluding hydrogens is 584 g/mol. The number of benzene rings is 3. The van der Waals surface area contributed by atoms with Crippen LogP contribution in [0.4, 0.5) is 10.5 Å². The van der Waals surface area contributed by atoms with Crippen LogP contribution in [0, 0.1) is 5.41 Å². The van der Waals surface area contributed by atoms with Crippen molar-refractivity contribution in [2.45, 2.75) is 33.4 Å². The van der Waals surface area contributed by atoms with Crippen molar-refractivity contribution in [2.75, 3.05) is 32.1 Å². The van der Waals surface area contributed by atoms with Crippen molar-refractivity contribution >= 4 is 40.1 Å². The van der Waals surface area contributed by atoms with Crippen LogP contribution >= 0.6 is 11.6 Å². The summed E-state index contributed by atoms with van der Waals surface area (Å²) in [7, 11) is 1.53. The van der Waals surface area contributed by atoms with Gasteiger partial charge in [-0.25, -0.2) is 4.79 Å². The first-order valence-electron chi connectivity index (χ1n) is 14.2. The van der Waals surface area contributed by atoms with Gasteiger partial charge in [0.25, 0.3) is 5.91 Å². The highest BCUT2D eigenvalue weighted by atomic mass is 35.5. The lowest BCUT2D eigenvalue weighted by atomic mass is 9.92. The Kier molecular flexibility index (Phi) is 9.12. The second-order valence-electron chi connectivity index (χ2n) is 11.6. The van der Waals surface area contributed by atoms with Crippen molar-refractivity contribution in [3.63, 3.8) is 0 Å². The predicted molar refractivity (Wildman–Crippen MR) is 169 cm³/mol. The van der Waals surface area contributed by atoms with Gasteiger partial charge in [0.1, 0.15) is 18.1 Å². The number of carbonyl (C=O) groups excluding carboxylic acids is 2. The van der Waals surface area contributed by atoms with E-state index >= 15 is 0 Å². The lowest BCUT2D eigenvalue weighted by Crippen LogP contribution is -2.32. The minimum atomic E-state index is -1.02. The van der Waals surface area contributed by atoms with Crippen molar-refractivity contribution in [3.8, 4) is 23.0 Å². The van der Waals surface area contributed by atoms with E-state index in [0.29, 0.717) is 62.3 Å². The Morgan fingerprint density at radius 3 is 2.59 bits per heavy atom. The zero-order valence-corrected chi connectivity index (χ0v) is 25.8. The molecule has 0 saturated heterocycles. The number of pyridine rings is 1. The van der Waals surface area contributed by atoms with E-state index in [0.717, 1.165) is 6.42 Å². The molecule has 1 atom stereocenters. The fraction of sp³-hybridized carbons (Fsp3) is 0.303. The number of anilines is 1. The van der Waals surface area contributed by atoms with Gasteiger partial charge in [-0.05, 0) is 42.2 Å². The molecule has 3 aromatic carbocycles. The third-order valence-electron chi connectivity index (χ3n) is 7.18. The van der Waals surface area contributed by atoms with Crippen LogP contribution < -0.4 is 24.8 Å². The molecule has 0 radical (unpaired) electrons. The zero-order valence-electron chi connectivity index (χ0n) is 25.0. The highest BCUT2D eigenvalue weighted by Crippen LogP contribution is 2.38. The molecule has 5 rings (SSSR count). The van der Waals surface area contributed by atoms with Crippen molar-refractivity contribution in [1.82, 2.24) is 15.2 Å². The molecule has 1 aliphatic heterocycles. The number of methoxy groups -OCH3 is 1. The number of aromatic nitrogens is 1. The summed E-state index contributed by atoms with van der Waals surface area (Å²) in [6.45, 7) is 7.20. The fourth-order valence-corrected chi connectivity index (χ4v) is 5.04. The molecular formula is C33H35ClN4O6. The number of hydrogen-bond donors (Lipinski definition) is 3. The van der Waals surface area contributed by atoms with Crippen LogP contribution in [0.15, 0.2) is 66.9 Å². The molecule has 0 bridgehead atoms. The molecule has 1 aliphatic rings. The maximum atomic E-state index is 12.7. The van der Waals surface area contributed by atoms with Gasteiger partial charge in [0.15, 0.2) is 17.7 Å². The third-order valence-corrected chi connectivity index (χ3v) is 7.49. The average Bonchev–Trinajstić information content (AvgIpc) is 3.22. The molecule has 44 heavy (non-hydrogen) atoms. The first-order valence-corrected chi connectivity index (χ1v) is 14.6. The first-order chi connectivity index (χ1) is 21.0. The maximum Gasteiger partial charge on any atom is 0.319 e. The normalized spacial score (nSPS) is 14.4. The zero-order chi connectivity index (χ0) is 31.4. The molecule has 4 aromatic rings. The Morgan fingerprint density at radius 2 is 1.86 bits per heavy atom. The van der Waals surface area contributed by atoms with Gasteiger partial charge in [0.05, 0.1) is 29.9 Å². The van der Waals surface area contributed by atoms with Gasteiger partial charge in [-0.2, -0.15) is 0 Å². The van der Waals surface area contributed by atoms with Crippen molar-refractivity contribution in [3.05, 3.63) is 83.0 Å². The number of urea groups is 1. The van der Waals surface area contributed by atoms with E-state index in [1.54, 1.807) is 66.9 Å². The predicted octanol–water partition coefficient (Wildman–Crippen LogP) is 6.77. The van der Waals surface area contributed by atoms with Crippen LogP contribution in [0.2, 0.25) is 5.02 Å². The number of aliphatic hydroxyl groups is 1. The van der Waals surface area contributed by atoms with Gasteiger partial charge in [-0.15, -0.1) is 0 Å². The summed E-state index contributed by atoms with van der Waals surface area (Å²) in [5.41, 5.74) is 2.25. The quantitative estimate of drug-likeness (QED) is 0.179. The molecule has 1 aromatic heterocycles. The van der Waals surface area contributed by atoms with E-state index in [2.05, 4.69) is 36.4 Å². The summed E-state index contributed by atoms with van der Waals surface area (Å²) in [6, 6.07) is 16.9. The smallest absolute Gasteiger partial charge is 0.319 e. The number of rotatable bonds is 10. The minimum Gasteiger partial charge on any atom is -0.493 e. The average molecular weight is 619 g/mol. The van der Waals surface area contributed by atoms with E-state index < -0.39 is 6.23 Å². The largest absolute Gasteiger partial charge is 0.493 e. The molecule has 230 valence electrons. The lowest BCUT2D eigenvalue weighted by Gasteiger charge is -2.21. The Labute approximate surface area is 260 Å². The molecule has 0 saturated carbocycles. The van der Waals surface area contributed by atoms with Crippen LogP contribution in [0.3, 0.4) is 0 Å². The molecule has 3 amide bonds. The van der Waals surface area contributed by atoms with Crippen LogP contribution in [-0.2, 0) is 0 Å². The SMILES string of the molecule is COc1cc2c(Oc3ccc(NC(=O)NCCC(C)(C)C)c(Cl)c3)ccnc2cc1OCCN1C(=O)c2ccccc2C1O. The summed E-state index contributed by atoms with van der Waals surface area (Å²) in [6.07, 6.45) is 1.44. The number of hydrogen-bond acceptors (Lipinski definition) is 7. The molecule has 1 unspecified atom stereocenters. The first kappa shape index (κ1) is 30.9. The summed E-state index contributed by atoms with van der Waals surface area (Å²) < 4.78 is 17.7. The van der Waals surface area contributed by atoms with E-state index in [4.69, 9.17) is 25.8 Å². The Bertz CT molecular complexity index is 1690. The number of halogens is 1. The highest BCUT2D eigenvalue weighted by Gasteiger charge is 2.34. The van der Waals surface area contributed by atoms with Crippen LogP contribution in [0.1, 0.15) is 49.3 Å². The van der Waals surface area contributed by atoms with Gasteiger partial charge < -0.3 is 34.9 Å². The number of nitrogens with one attached hydrogen (secondary N) is 2. The Hall–Kier alpha value is -4.54. The lowest BCUT2D eigenvalue weighted by molar-refractivity contribution is 0.0123. The molecule has 0 aliphatic carbocycles. The van der Waals surface area contributed by atoms with Crippen molar-refractivity contribution < 1.29 is 28.9 Å². The highest BCUT2D eigenvalue weighted by molar-refractivity contribution is 6.33. The van der Waals surface area contributed by atoms with E-state index in [1.807, 2.05) is 0 Å². The second-order valence-corrected chi connectivity index (χ2v) is 12.0. The molecule has 2 heterocycles. The summed E-state index contributed by atoms with van der Waals surface area (Å²) in [5, 5.41) is 17.2. The van der Waals surface area contributed by atoms with Crippen LogP contribution in [0.5, 0.6) is 23.0 Å². The number of aliphatic hydroxyl groups excluding tert-OH is 1. The molecule has 0 fully saturated rings. The summed E-state index contributed by atoms with van der Waals surface area (Å²) in [5.74, 6) is 1.62. The molecule has 11 heteroatoms. The van der Waals surface area contributed by atoms with Crippen molar-refractivity contribution in [1.29, 1.82) is 0 Å². The van der Waals surface area contributed by atoms with E-state index in [-0.39, 0.29) is 30.5 Å². The van der Waals surface area contributed by atoms with Gasteiger partial charge in [0.2, 0.25) is 0 Å². The summed E-state index contributed by atoms with van der Waals surface area (Å²) >= 11 is 6.46. The molecule has 3 N–H and O–H groups in total. The van der Waals surface area contributed by atoms with Crippen LogP contribution in [-0.4, -0.2) is 53.7 Å². The van der Waals surface area contributed by atoms with E-state index in [1.165, 1.54) is 12.0 Å². The van der Waals surface area contributed by atoms with Gasteiger partial charge >= 0.3 is 6.03 Å². The Balaban J connectivity index is 1.25. The summed E-state index contributed by atoms with van der Waals surface area (Å²) in [4.78, 5) is 30.8. The molecule has 10 nitrogen and oxygen atoms in total. The Morgan fingerprint density at radius 1 is 1.07 bits per heavy atom. The molecule has 0 spiro atoms. The van der Waals surface area contributed by atoms with Gasteiger partial charge in [-0.3, -0.25) is 9.78 Å². The van der Waals surface area contributed by atoms with E-state index in [9.17, 15) is 14.7 Å². The topological polar surface area (TPSA) is 122 Å². The van der Waals surface area contributed by atoms with Crippen LogP contribution in [0.25, 0.3) is 10.9 Å². The minimum absolute atomic E-state index is 0.118. The standard InChI is InChI=1S/C33H35ClN4O6/c1-33(2,3)12-14-36-32(41)37-25-10-9-20(17-24(25)34)44-27-11-13-35-26-19-29(28(42-4)18-23(26)27)43-16-15-38-30(39)21-7-5-6-8-22(21)31(38)40/h5-11,13,17-19,30,39H,12,14-16H2,1-4H3,(H2,36,37,41). The maximum absolute atomic E-state index is 12.7. The van der Waals surface area contributed by atoms with Crippen molar-refractivity contribution in [2.24, 2.45) is 5.41 Å². The monoisotopic (exact) mass is 618 g/mol. The number of fused-ring (bicyclic) bond motifs is 2. The third kappa shape index (κ3) is 6.98.